The molecule has 1 aromatic carbocycles. The van der Waals surface area contributed by atoms with Crippen LogP contribution in [0.25, 0.3) is 0 Å². The fourth-order valence-corrected chi connectivity index (χ4v) is 5.48. The molecule has 1 aliphatic carbocycles. The number of rotatable bonds is 6. The number of methoxy groups -OCH3 is 1. The number of aliphatic imine (C=N–C) groups is 1. The van der Waals surface area contributed by atoms with Crippen molar-refractivity contribution in [3.8, 4) is 11.5 Å². The summed E-state index contributed by atoms with van der Waals surface area (Å²) in [6.45, 7) is 7.18. The highest BCUT2D eigenvalue weighted by Crippen LogP contribution is 2.45. The van der Waals surface area contributed by atoms with E-state index >= 15 is 0 Å². The van der Waals surface area contributed by atoms with E-state index in [1.165, 1.54) is 12.0 Å². The van der Waals surface area contributed by atoms with Gasteiger partial charge < -0.3 is 19.6 Å². The summed E-state index contributed by atoms with van der Waals surface area (Å²) in [5.41, 5.74) is 2.78. The third-order valence-electron chi connectivity index (χ3n) is 6.24. The number of thiophene rings is 1. The molecule has 2 heterocycles. The lowest BCUT2D eigenvalue weighted by molar-refractivity contribution is 0.0947. The van der Waals surface area contributed by atoms with E-state index < -0.39 is 0 Å². The Morgan fingerprint density at radius 3 is 2.88 bits per heavy atom. The second-order valence-electron chi connectivity index (χ2n) is 9.44. The first-order valence-corrected chi connectivity index (χ1v) is 11.9. The van der Waals surface area contributed by atoms with Gasteiger partial charge in [0.15, 0.2) is 11.5 Å². The number of nitrogens with zero attached hydrogens (tertiary/aromatic N) is 1. The summed E-state index contributed by atoms with van der Waals surface area (Å²) in [7, 11) is 1.51. The van der Waals surface area contributed by atoms with Gasteiger partial charge in [-0.2, -0.15) is 0 Å². The van der Waals surface area contributed by atoms with Crippen LogP contribution in [0.4, 0.5) is 5.00 Å². The average molecular weight is 467 g/mol. The van der Waals surface area contributed by atoms with Crippen molar-refractivity contribution < 1.29 is 19.1 Å². The van der Waals surface area contributed by atoms with Crippen LogP contribution >= 0.6 is 11.3 Å². The highest BCUT2D eigenvalue weighted by Gasteiger charge is 2.33. The molecule has 0 bridgehead atoms. The van der Waals surface area contributed by atoms with E-state index in [4.69, 9.17) is 14.1 Å². The van der Waals surface area contributed by atoms with E-state index in [1.54, 1.807) is 42.0 Å². The molecule has 7 heteroatoms. The van der Waals surface area contributed by atoms with Crippen LogP contribution in [0.15, 0.2) is 46.0 Å². The van der Waals surface area contributed by atoms with Crippen LogP contribution < -0.4 is 10.1 Å². The van der Waals surface area contributed by atoms with Crippen LogP contribution in [-0.2, 0) is 19.4 Å². The number of phenols is 1. The summed E-state index contributed by atoms with van der Waals surface area (Å²) in [5, 5.41) is 13.5. The molecule has 1 amide bonds. The second-order valence-corrected chi connectivity index (χ2v) is 10.5. The number of aromatic hydroxyl groups is 1. The Morgan fingerprint density at radius 2 is 2.18 bits per heavy atom. The van der Waals surface area contributed by atoms with Gasteiger partial charge in [0.2, 0.25) is 0 Å². The Kier molecular flexibility index (Phi) is 6.61. The van der Waals surface area contributed by atoms with Gasteiger partial charge in [0.05, 0.1) is 25.5 Å². The van der Waals surface area contributed by atoms with E-state index in [0.717, 1.165) is 30.4 Å². The van der Waals surface area contributed by atoms with E-state index in [1.807, 2.05) is 12.1 Å². The van der Waals surface area contributed by atoms with E-state index in [2.05, 4.69) is 26.1 Å². The van der Waals surface area contributed by atoms with Crippen molar-refractivity contribution in [3.05, 3.63) is 63.9 Å². The molecule has 33 heavy (non-hydrogen) atoms. The second kappa shape index (κ2) is 9.43. The van der Waals surface area contributed by atoms with Crippen molar-refractivity contribution in [2.75, 3.05) is 7.11 Å². The third kappa shape index (κ3) is 5.14. The van der Waals surface area contributed by atoms with Gasteiger partial charge >= 0.3 is 0 Å². The molecule has 1 aliphatic rings. The highest BCUT2D eigenvalue weighted by molar-refractivity contribution is 7.16. The van der Waals surface area contributed by atoms with Gasteiger partial charge in [-0.3, -0.25) is 4.79 Å². The Hall–Kier alpha value is -3.06. The van der Waals surface area contributed by atoms with Crippen molar-refractivity contribution in [2.24, 2.45) is 16.3 Å². The quantitative estimate of drug-likeness (QED) is 0.444. The number of phenolic OH excluding ortho intramolecular Hbond substituents is 1. The van der Waals surface area contributed by atoms with Gasteiger partial charge in [-0.25, -0.2) is 4.99 Å². The van der Waals surface area contributed by atoms with Gasteiger partial charge in [0, 0.05) is 11.1 Å². The van der Waals surface area contributed by atoms with Gasteiger partial charge in [0.1, 0.15) is 10.8 Å². The van der Waals surface area contributed by atoms with Gasteiger partial charge in [-0.15, -0.1) is 11.3 Å². The molecule has 0 aliphatic heterocycles. The maximum absolute atomic E-state index is 13.3. The summed E-state index contributed by atoms with van der Waals surface area (Å²) in [6.07, 6.45) is 6.21. The number of carbonyl (C=O) groups excluding carboxylic acids is 1. The highest BCUT2D eigenvalue weighted by atomic mass is 32.1. The topological polar surface area (TPSA) is 84.1 Å². The predicted molar refractivity (Wildman–Crippen MR) is 131 cm³/mol. The molecule has 1 atom stereocenters. The Morgan fingerprint density at radius 1 is 1.36 bits per heavy atom. The summed E-state index contributed by atoms with van der Waals surface area (Å²) >= 11 is 1.60. The standard InChI is InChI=1S/C26H30N2O4S/c1-26(2,3)17-8-9-19-22(13-17)33-25(23(19)24(30)27-15-18-6-5-11-32-18)28-14-16-7-10-20(29)21(12-16)31-4/h5-7,10-12,14,17,29H,8-9,13,15H2,1-4H3,(H,27,30)/t17-/m0/s1. The van der Waals surface area contributed by atoms with Crippen molar-refractivity contribution >= 4 is 28.5 Å². The fourth-order valence-electron chi connectivity index (χ4n) is 4.21. The average Bonchev–Trinajstić information content (AvgIpc) is 3.43. The SMILES string of the molecule is COc1cc(C=Nc2sc3c(c2C(=O)NCc2ccco2)CC[C@H](C(C)(C)C)C3)ccc1O. The normalized spacial score (nSPS) is 16.1. The number of benzene rings is 1. The molecular weight excluding hydrogens is 436 g/mol. The summed E-state index contributed by atoms with van der Waals surface area (Å²) in [4.78, 5) is 19.2. The smallest absolute Gasteiger partial charge is 0.255 e. The van der Waals surface area contributed by atoms with Crippen LogP contribution in [0.1, 0.15) is 59.3 Å². The largest absolute Gasteiger partial charge is 0.504 e. The van der Waals surface area contributed by atoms with Crippen molar-refractivity contribution in [2.45, 2.75) is 46.6 Å². The molecular formula is C26H30N2O4S. The lowest BCUT2D eigenvalue weighted by Crippen LogP contribution is -2.28. The van der Waals surface area contributed by atoms with Crippen molar-refractivity contribution in [1.82, 2.24) is 5.32 Å². The molecule has 0 saturated heterocycles. The van der Waals surface area contributed by atoms with Crippen molar-refractivity contribution in [1.29, 1.82) is 0 Å². The van der Waals surface area contributed by atoms with E-state index in [0.29, 0.717) is 34.5 Å². The molecule has 2 aromatic heterocycles. The molecule has 174 valence electrons. The Balaban J connectivity index is 1.66. The zero-order chi connectivity index (χ0) is 23.6. The minimum Gasteiger partial charge on any atom is -0.504 e. The summed E-state index contributed by atoms with van der Waals surface area (Å²) < 4.78 is 10.6. The first-order chi connectivity index (χ1) is 15.8. The number of furan rings is 1. The first kappa shape index (κ1) is 23.1. The predicted octanol–water partition coefficient (Wildman–Crippen LogP) is 5.89. The minimum atomic E-state index is -0.131. The van der Waals surface area contributed by atoms with E-state index in [-0.39, 0.29) is 17.1 Å². The summed E-state index contributed by atoms with van der Waals surface area (Å²) in [6, 6.07) is 8.71. The lowest BCUT2D eigenvalue weighted by Gasteiger charge is -2.33. The Labute approximate surface area is 198 Å². The monoisotopic (exact) mass is 466 g/mol. The third-order valence-corrected chi connectivity index (χ3v) is 7.40. The molecule has 3 aromatic rings. The number of carbonyl (C=O) groups is 1. The van der Waals surface area contributed by atoms with Crippen LogP contribution in [0.5, 0.6) is 11.5 Å². The first-order valence-electron chi connectivity index (χ1n) is 11.1. The number of amides is 1. The van der Waals surface area contributed by atoms with Crippen molar-refractivity contribution in [3.63, 3.8) is 0 Å². The molecule has 4 rings (SSSR count). The van der Waals surface area contributed by atoms with Crippen LogP contribution in [0.3, 0.4) is 0 Å². The minimum absolute atomic E-state index is 0.0763. The van der Waals surface area contributed by atoms with Gasteiger partial charge in [-0.05, 0) is 72.1 Å². The number of hydrogen-bond donors (Lipinski definition) is 2. The molecule has 0 spiro atoms. The zero-order valence-electron chi connectivity index (χ0n) is 19.5. The molecule has 6 nitrogen and oxygen atoms in total. The maximum Gasteiger partial charge on any atom is 0.255 e. The zero-order valence-corrected chi connectivity index (χ0v) is 20.3. The molecule has 0 saturated carbocycles. The lowest BCUT2D eigenvalue weighted by atomic mass is 9.72. The van der Waals surface area contributed by atoms with Gasteiger partial charge in [-0.1, -0.05) is 20.8 Å². The number of hydrogen-bond acceptors (Lipinski definition) is 6. The molecule has 0 radical (unpaired) electrons. The van der Waals surface area contributed by atoms with Gasteiger partial charge in [0.25, 0.3) is 5.91 Å². The molecule has 0 fully saturated rings. The van der Waals surface area contributed by atoms with Crippen LogP contribution in [0, 0.1) is 11.3 Å². The number of fused-ring (bicyclic) bond motifs is 1. The van der Waals surface area contributed by atoms with Crippen LogP contribution in [-0.4, -0.2) is 24.3 Å². The number of nitrogens with one attached hydrogen (secondary N) is 1. The maximum atomic E-state index is 13.3. The fraction of sp³-hybridized carbons (Fsp3) is 0.385. The van der Waals surface area contributed by atoms with E-state index in [9.17, 15) is 9.90 Å². The molecule has 0 unspecified atom stereocenters. The number of ether oxygens (including phenoxy) is 1. The summed E-state index contributed by atoms with van der Waals surface area (Å²) in [5.74, 6) is 1.61. The Bertz CT molecular complexity index is 1160. The van der Waals surface area contributed by atoms with Crippen LogP contribution in [0.2, 0.25) is 0 Å². The molecule has 2 N–H and O–H groups in total.